The number of rotatable bonds is 9. The molecular formula is C39H50N8O8S2. The fourth-order valence-electron chi connectivity index (χ4n) is 6.43. The van der Waals surface area contributed by atoms with E-state index < -0.39 is 78.0 Å². The second-order valence-corrected chi connectivity index (χ2v) is 16.6. The summed E-state index contributed by atoms with van der Waals surface area (Å²) in [5.74, 6) is -2.95. The van der Waals surface area contributed by atoms with Crippen LogP contribution in [-0.2, 0) is 35.1 Å². The Morgan fingerprint density at radius 1 is 0.789 bits per heavy atom. The molecule has 57 heavy (non-hydrogen) atoms. The van der Waals surface area contributed by atoms with E-state index in [0.29, 0.717) is 22.9 Å². The maximum Gasteiger partial charge on any atom is 0.293 e. The number of hydrogen-bond acceptors (Lipinski definition) is 13. The molecular weight excluding hydrogens is 773 g/mol. The lowest BCUT2D eigenvalue weighted by atomic mass is 9.97. The van der Waals surface area contributed by atoms with E-state index in [1.807, 2.05) is 51.1 Å². The van der Waals surface area contributed by atoms with Crippen molar-refractivity contribution in [3.8, 4) is 0 Å². The summed E-state index contributed by atoms with van der Waals surface area (Å²) >= 11 is 2.33. The average molecular weight is 823 g/mol. The number of ether oxygens (including phenoxy) is 2. The third kappa shape index (κ3) is 10.8. The molecule has 0 fully saturated rings. The molecule has 0 saturated carbocycles. The van der Waals surface area contributed by atoms with E-state index in [1.54, 1.807) is 26.2 Å². The molecule has 0 radical (unpaired) electrons. The summed E-state index contributed by atoms with van der Waals surface area (Å²) in [6.45, 7) is 12.7. The molecule has 5 rings (SSSR count). The van der Waals surface area contributed by atoms with Gasteiger partial charge in [0.15, 0.2) is 6.04 Å². The highest BCUT2D eigenvalue weighted by molar-refractivity contribution is 7.10. The molecule has 306 valence electrons. The molecule has 2 aliphatic heterocycles. The van der Waals surface area contributed by atoms with Gasteiger partial charge in [-0.15, -0.1) is 22.7 Å². The quantitative estimate of drug-likeness (QED) is 0.198. The number of fused-ring (bicyclic) bond motifs is 5. The summed E-state index contributed by atoms with van der Waals surface area (Å²) in [5.41, 5.74) is 0.989. The van der Waals surface area contributed by atoms with Crippen molar-refractivity contribution < 1.29 is 38.2 Å². The fourth-order valence-corrected chi connectivity index (χ4v) is 8.09. The van der Waals surface area contributed by atoms with Gasteiger partial charge in [0.2, 0.25) is 23.6 Å². The number of nitrogens with zero attached hydrogens (tertiary/aromatic N) is 3. The Morgan fingerprint density at radius 2 is 1.42 bits per heavy atom. The van der Waals surface area contributed by atoms with Crippen LogP contribution in [0.1, 0.15) is 110 Å². The van der Waals surface area contributed by atoms with Crippen LogP contribution in [0.5, 0.6) is 0 Å². The summed E-state index contributed by atoms with van der Waals surface area (Å²) < 4.78 is 11.3. The number of benzene rings is 1. The standard InChI is InChI=1S/C39H50N8O8S2/c1-8-20(4)29-34(51)46-30(22(6)54-18-48)36(53)42-26(15-24-12-10-9-11-13-24)39-44-27(17-57-39)32(49)41-25(14-19(2)3)37-47-31(23(7)55-37)35(52)40-21(5)38-43-28(16-56-38)33(50)45-29/h9-13,16-23,25-26,29-31H,8,14-15H2,1-7H3,(H,40,52)(H,41,49)(H,42,53)(H,45,50)(H,46,51)/t20-,21-,22-,23-,25-,26+,29-,30-,31+/m0/s1. The first-order chi connectivity index (χ1) is 27.2. The molecule has 0 saturated heterocycles. The molecule has 9 atom stereocenters. The third-order valence-corrected chi connectivity index (χ3v) is 11.8. The van der Waals surface area contributed by atoms with Crippen LogP contribution in [-0.4, -0.2) is 88.2 Å². The number of nitrogens with one attached hydrogen (secondary N) is 5. The van der Waals surface area contributed by atoms with Gasteiger partial charge in [0.1, 0.15) is 51.7 Å². The minimum atomic E-state index is -1.39. The zero-order valence-corrected chi connectivity index (χ0v) is 34.6. The van der Waals surface area contributed by atoms with E-state index in [0.717, 1.165) is 16.9 Å². The lowest BCUT2D eigenvalue weighted by Gasteiger charge is -2.29. The van der Waals surface area contributed by atoms with Gasteiger partial charge in [-0.25, -0.2) is 15.0 Å². The van der Waals surface area contributed by atoms with Crippen LogP contribution < -0.4 is 26.6 Å². The average Bonchev–Trinajstić information content (AvgIpc) is 3.96. The molecule has 0 aliphatic carbocycles. The fraction of sp³-hybridized carbons (Fsp3) is 0.513. The smallest absolute Gasteiger partial charge is 0.293 e. The van der Waals surface area contributed by atoms with Crippen LogP contribution in [0.2, 0.25) is 0 Å². The first-order valence-electron chi connectivity index (χ1n) is 19.0. The van der Waals surface area contributed by atoms with Crippen molar-refractivity contribution >= 4 is 64.6 Å². The van der Waals surface area contributed by atoms with E-state index in [2.05, 4.69) is 41.5 Å². The Balaban J connectivity index is 1.56. The second kappa shape index (κ2) is 19.3. The molecule has 3 aromatic rings. The van der Waals surface area contributed by atoms with Crippen LogP contribution >= 0.6 is 22.7 Å². The van der Waals surface area contributed by atoms with E-state index >= 15 is 0 Å². The van der Waals surface area contributed by atoms with Crippen LogP contribution in [0.4, 0.5) is 0 Å². The molecule has 1 aromatic carbocycles. The summed E-state index contributed by atoms with van der Waals surface area (Å²) in [6, 6.07) is 3.88. The molecule has 5 N–H and O–H groups in total. The molecule has 6 bridgehead atoms. The van der Waals surface area contributed by atoms with Crippen molar-refractivity contribution in [2.75, 3.05) is 0 Å². The monoisotopic (exact) mass is 822 g/mol. The predicted molar refractivity (Wildman–Crippen MR) is 214 cm³/mol. The summed E-state index contributed by atoms with van der Waals surface area (Å²) in [4.78, 5) is 94.3. The molecule has 0 unspecified atom stereocenters. The number of aliphatic imine (C=N–C) groups is 1. The van der Waals surface area contributed by atoms with Crippen LogP contribution in [0.25, 0.3) is 0 Å². The summed E-state index contributed by atoms with van der Waals surface area (Å²) in [7, 11) is 0. The predicted octanol–water partition coefficient (Wildman–Crippen LogP) is 3.41. The van der Waals surface area contributed by atoms with Gasteiger partial charge in [-0.1, -0.05) is 64.4 Å². The number of carbonyl (C=O) groups is 6. The summed E-state index contributed by atoms with van der Waals surface area (Å²) in [5, 5.41) is 18.3. The SMILES string of the molecule is CC[C@H](C)[C@@H]1NC(=O)c2csc(n2)[C@H](C)NC(=O)[C@@H]2N=C(O[C@H]2C)[C@H](CC(C)C)NC(=O)c2csc(n2)[C@@H](Cc2ccccc2)NC(=O)[C@H]([C@H](C)OC=O)NC1=O. The Hall–Kier alpha value is -5.23. The Labute approximate surface area is 339 Å². The molecule has 0 spiro atoms. The third-order valence-electron chi connectivity index (χ3n) is 9.83. The van der Waals surface area contributed by atoms with E-state index in [9.17, 15) is 28.8 Å². The zero-order chi connectivity index (χ0) is 41.4. The highest BCUT2D eigenvalue weighted by atomic mass is 32.1. The maximum atomic E-state index is 14.2. The van der Waals surface area contributed by atoms with Gasteiger partial charge in [0.05, 0.1) is 12.1 Å². The lowest BCUT2D eigenvalue weighted by Crippen LogP contribution is -2.59. The van der Waals surface area contributed by atoms with Crippen molar-refractivity contribution in [3.63, 3.8) is 0 Å². The highest BCUT2D eigenvalue weighted by Gasteiger charge is 2.39. The van der Waals surface area contributed by atoms with E-state index in [1.165, 1.54) is 23.6 Å². The second-order valence-electron chi connectivity index (χ2n) is 14.8. The minimum Gasteiger partial charge on any atom is -0.474 e. The van der Waals surface area contributed by atoms with E-state index in [-0.39, 0.29) is 42.0 Å². The first-order valence-corrected chi connectivity index (χ1v) is 20.8. The van der Waals surface area contributed by atoms with Gasteiger partial charge >= 0.3 is 0 Å². The largest absolute Gasteiger partial charge is 0.474 e. The number of aromatic nitrogens is 2. The van der Waals surface area contributed by atoms with Gasteiger partial charge in [-0.3, -0.25) is 28.8 Å². The molecule has 18 heteroatoms. The number of amides is 5. The zero-order valence-electron chi connectivity index (χ0n) is 32.9. The number of hydrogen-bond donors (Lipinski definition) is 5. The van der Waals surface area contributed by atoms with Gasteiger partial charge in [0.25, 0.3) is 18.3 Å². The topological polar surface area (TPSA) is 219 Å². The summed E-state index contributed by atoms with van der Waals surface area (Å²) in [6.07, 6.45) is -0.529. The van der Waals surface area contributed by atoms with Gasteiger partial charge in [-0.2, -0.15) is 0 Å². The van der Waals surface area contributed by atoms with Crippen LogP contribution in [0.3, 0.4) is 0 Å². The molecule has 16 nitrogen and oxygen atoms in total. The molecule has 5 amide bonds. The molecule has 2 aliphatic rings. The van der Waals surface area contributed by atoms with Gasteiger partial charge in [0, 0.05) is 10.8 Å². The lowest BCUT2D eigenvalue weighted by molar-refractivity contribution is -0.141. The molecule has 2 aromatic heterocycles. The van der Waals surface area contributed by atoms with Gasteiger partial charge < -0.3 is 36.1 Å². The minimum absolute atomic E-state index is 0.0373. The normalized spacial score (nSPS) is 26.0. The van der Waals surface area contributed by atoms with Crippen molar-refractivity contribution in [1.29, 1.82) is 0 Å². The van der Waals surface area contributed by atoms with Crippen molar-refractivity contribution in [3.05, 3.63) is 68.1 Å². The van der Waals surface area contributed by atoms with Crippen molar-refractivity contribution in [2.24, 2.45) is 16.8 Å². The van der Waals surface area contributed by atoms with Crippen molar-refractivity contribution in [2.45, 2.75) is 116 Å². The number of thiazole rings is 2. The maximum absolute atomic E-state index is 14.2. The Morgan fingerprint density at radius 3 is 2.07 bits per heavy atom. The first kappa shape index (κ1) is 42.9. The Kier molecular flexibility index (Phi) is 14.5. The number of carbonyl (C=O) groups excluding carboxylic acids is 6. The highest BCUT2D eigenvalue weighted by Crippen LogP contribution is 2.26. The van der Waals surface area contributed by atoms with Crippen LogP contribution in [0, 0.1) is 11.8 Å². The molecule has 4 heterocycles. The van der Waals surface area contributed by atoms with Crippen LogP contribution in [0.15, 0.2) is 46.1 Å². The van der Waals surface area contributed by atoms with E-state index in [4.69, 9.17) is 9.47 Å². The van der Waals surface area contributed by atoms with Crippen molar-refractivity contribution in [1.82, 2.24) is 36.6 Å². The van der Waals surface area contributed by atoms with Gasteiger partial charge in [-0.05, 0) is 51.0 Å². The Bertz CT molecular complexity index is 1950.